The highest BCUT2D eigenvalue weighted by Crippen LogP contribution is 2.22. The molecule has 7 heteroatoms. The normalized spacial score (nSPS) is 14.8. The van der Waals surface area contributed by atoms with Gasteiger partial charge in [0.1, 0.15) is 11.5 Å². The van der Waals surface area contributed by atoms with Gasteiger partial charge in [-0.15, -0.1) is 24.0 Å². The van der Waals surface area contributed by atoms with E-state index in [1.54, 1.807) is 7.11 Å². The van der Waals surface area contributed by atoms with Gasteiger partial charge in [-0.05, 0) is 49.1 Å². The summed E-state index contributed by atoms with van der Waals surface area (Å²) in [6, 6.07) is 18.0. The molecule has 2 aromatic carbocycles. The number of halogens is 1. The summed E-state index contributed by atoms with van der Waals surface area (Å²) in [5, 5.41) is 3.48. The van der Waals surface area contributed by atoms with Crippen LogP contribution >= 0.6 is 24.0 Å². The molecule has 0 saturated carbocycles. The van der Waals surface area contributed by atoms with E-state index in [9.17, 15) is 0 Å². The second-order valence-corrected chi connectivity index (χ2v) is 7.37. The molecule has 0 amide bonds. The van der Waals surface area contributed by atoms with E-state index in [0.29, 0.717) is 12.6 Å². The second kappa shape index (κ2) is 14.3. The highest BCUT2D eigenvalue weighted by Gasteiger charge is 2.21. The Balaban J connectivity index is 0.00000341. The third-order valence-electron chi connectivity index (χ3n) is 5.13. The van der Waals surface area contributed by atoms with E-state index in [1.165, 1.54) is 0 Å². The topological polar surface area (TPSA) is 55.3 Å². The van der Waals surface area contributed by atoms with Crippen molar-refractivity contribution in [3.8, 4) is 11.5 Å². The summed E-state index contributed by atoms with van der Waals surface area (Å²) in [5.41, 5.74) is 1.15. The standard InChI is InChI=1S/C24H33N3O3.HI/c1-25-24(27-14-12-21(13-15-27)29-17-7-16-28-2)26-19-20-8-6-11-23(18-20)30-22-9-4-3-5-10-22;/h3-6,8-11,18,21H,7,12-17,19H2,1-2H3,(H,25,26);1H. The molecule has 6 nitrogen and oxygen atoms in total. The SMILES string of the molecule is CN=C(NCc1cccc(Oc2ccccc2)c1)N1CCC(OCCCOC)CC1.I. The molecule has 2 aromatic rings. The quantitative estimate of drug-likeness (QED) is 0.217. The molecule has 1 fully saturated rings. The molecule has 1 N–H and O–H groups in total. The van der Waals surface area contributed by atoms with Crippen LogP contribution in [0.1, 0.15) is 24.8 Å². The molecular formula is C24H34IN3O3. The van der Waals surface area contributed by atoms with Gasteiger partial charge in [0, 0.05) is 47.0 Å². The monoisotopic (exact) mass is 539 g/mol. The van der Waals surface area contributed by atoms with Gasteiger partial charge in [-0.3, -0.25) is 4.99 Å². The van der Waals surface area contributed by atoms with Crippen molar-refractivity contribution in [2.75, 3.05) is 40.5 Å². The van der Waals surface area contributed by atoms with Gasteiger partial charge >= 0.3 is 0 Å². The maximum Gasteiger partial charge on any atom is 0.193 e. The minimum absolute atomic E-state index is 0. The van der Waals surface area contributed by atoms with Crippen LogP contribution in [0.4, 0.5) is 0 Å². The van der Waals surface area contributed by atoms with E-state index in [1.807, 2.05) is 49.5 Å². The number of ether oxygens (including phenoxy) is 3. The first-order valence-corrected chi connectivity index (χ1v) is 10.7. The van der Waals surface area contributed by atoms with Gasteiger partial charge in [0.05, 0.1) is 6.10 Å². The molecule has 0 bridgehead atoms. The number of likely N-dealkylation sites (tertiary alicyclic amines) is 1. The fourth-order valence-electron chi connectivity index (χ4n) is 3.54. The van der Waals surface area contributed by atoms with Crippen LogP contribution in [0.25, 0.3) is 0 Å². The van der Waals surface area contributed by atoms with Gasteiger partial charge in [0.2, 0.25) is 0 Å². The highest BCUT2D eigenvalue weighted by atomic mass is 127. The number of rotatable bonds is 9. The Morgan fingerprint density at radius 3 is 2.48 bits per heavy atom. The van der Waals surface area contributed by atoms with Crippen LogP contribution in [-0.2, 0) is 16.0 Å². The molecule has 0 aliphatic carbocycles. The number of para-hydroxylation sites is 1. The molecule has 170 valence electrons. The van der Waals surface area contributed by atoms with Gasteiger partial charge < -0.3 is 24.4 Å². The van der Waals surface area contributed by atoms with Crippen molar-refractivity contribution in [1.82, 2.24) is 10.2 Å². The molecule has 0 radical (unpaired) electrons. The zero-order chi connectivity index (χ0) is 21.0. The predicted octanol–water partition coefficient (Wildman–Crippen LogP) is 4.69. The van der Waals surface area contributed by atoms with Crippen LogP contribution in [0.3, 0.4) is 0 Å². The van der Waals surface area contributed by atoms with Crippen molar-refractivity contribution < 1.29 is 14.2 Å². The molecule has 3 rings (SSSR count). The lowest BCUT2D eigenvalue weighted by molar-refractivity contribution is 0.00989. The minimum Gasteiger partial charge on any atom is -0.457 e. The number of nitrogens with zero attached hydrogens (tertiary/aromatic N) is 2. The van der Waals surface area contributed by atoms with E-state index >= 15 is 0 Å². The lowest BCUT2D eigenvalue weighted by atomic mass is 10.1. The van der Waals surface area contributed by atoms with Crippen LogP contribution in [0.15, 0.2) is 59.6 Å². The number of piperidine rings is 1. The summed E-state index contributed by atoms with van der Waals surface area (Å²) >= 11 is 0. The number of methoxy groups -OCH3 is 1. The molecule has 1 heterocycles. The van der Waals surface area contributed by atoms with Crippen molar-refractivity contribution in [2.45, 2.75) is 31.9 Å². The number of guanidine groups is 1. The molecular weight excluding hydrogens is 505 g/mol. The molecule has 31 heavy (non-hydrogen) atoms. The van der Waals surface area contributed by atoms with Crippen LogP contribution < -0.4 is 10.1 Å². The van der Waals surface area contributed by atoms with E-state index in [2.05, 4.69) is 27.3 Å². The first kappa shape index (κ1) is 25.4. The zero-order valence-electron chi connectivity index (χ0n) is 18.5. The second-order valence-electron chi connectivity index (χ2n) is 7.37. The fourth-order valence-corrected chi connectivity index (χ4v) is 3.54. The van der Waals surface area contributed by atoms with Gasteiger partial charge in [-0.2, -0.15) is 0 Å². The lowest BCUT2D eigenvalue weighted by Gasteiger charge is -2.34. The maximum absolute atomic E-state index is 5.96. The first-order valence-electron chi connectivity index (χ1n) is 10.7. The van der Waals surface area contributed by atoms with Gasteiger partial charge in [-0.25, -0.2) is 0 Å². The third kappa shape index (κ3) is 8.66. The summed E-state index contributed by atoms with van der Waals surface area (Å²) in [6.45, 7) is 4.13. The van der Waals surface area contributed by atoms with Crippen molar-refractivity contribution in [3.63, 3.8) is 0 Å². The number of nitrogens with one attached hydrogen (secondary N) is 1. The Bertz CT molecular complexity index is 781. The van der Waals surface area contributed by atoms with E-state index in [4.69, 9.17) is 14.2 Å². The van der Waals surface area contributed by atoms with Crippen LogP contribution in [0.2, 0.25) is 0 Å². The van der Waals surface area contributed by atoms with Crippen molar-refractivity contribution >= 4 is 29.9 Å². The number of hydrogen-bond donors (Lipinski definition) is 1. The van der Waals surface area contributed by atoms with E-state index < -0.39 is 0 Å². The Kier molecular flexibility index (Phi) is 11.7. The minimum atomic E-state index is 0. The zero-order valence-corrected chi connectivity index (χ0v) is 20.8. The van der Waals surface area contributed by atoms with Gasteiger partial charge in [0.15, 0.2) is 5.96 Å². The lowest BCUT2D eigenvalue weighted by Crippen LogP contribution is -2.46. The van der Waals surface area contributed by atoms with E-state index in [-0.39, 0.29) is 24.0 Å². The summed E-state index contributed by atoms with van der Waals surface area (Å²) in [7, 11) is 3.56. The Hall–Kier alpha value is -1.84. The molecule has 1 saturated heterocycles. The van der Waals surface area contributed by atoms with Gasteiger partial charge in [-0.1, -0.05) is 30.3 Å². The largest absolute Gasteiger partial charge is 0.457 e. The maximum atomic E-state index is 5.96. The summed E-state index contributed by atoms with van der Waals surface area (Å²) in [5.74, 6) is 2.61. The molecule has 1 aliphatic rings. The number of benzene rings is 2. The van der Waals surface area contributed by atoms with Crippen molar-refractivity contribution in [3.05, 3.63) is 60.2 Å². The predicted molar refractivity (Wildman–Crippen MR) is 136 cm³/mol. The number of aliphatic imine (C=N–C) groups is 1. The van der Waals surface area contributed by atoms with Crippen LogP contribution in [-0.4, -0.2) is 57.4 Å². The first-order chi connectivity index (χ1) is 14.8. The van der Waals surface area contributed by atoms with Crippen LogP contribution in [0, 0.1) is 0 Å². The molecule has 0 unspecified atom stereocenters. The summed E-state index contributed by atoms with van der Waals surface area (Å²) in [6.07, 6.45) is 3.33. The fraction of sp³-hybridized carbons (Fsp3) is 0.458. The molecule has 0 spiro atoms. The molecule has 1 aliphatic heterocycles. The Morgan fingerprint density at radius 1 is 1.03 bits per heavy atom. The van der Waals surface area contributed by atoms with Gasteiger partial charge in [0.25, 0.3) is 0 Å². The third-order valence-corrected chi connectivity index (χ3v) is 5.13. The van der Waals surface area contributed by atoms with Crippen molar-refractivity contribution in [2.24, 2.45) is 4.99 Å². The van der Waals surface area contributed by atoms with Crippen LogP contribution in [0.5, 0.6) is 11.5 Å². The number of hydrogen-bond acceptors (Lipinski definition) is 4. The smallest absolute Gasteiger partial charge is 0.193 e. The summed E-state index contributed by atoms with van der Waals surface area (Å²) in [4.78, 5) is 6.78. The van der Waals surface area contributed by atoms with Crippen molar-refractivity contribution in [1.29, 1.82) is 0 Å². The summed E-state index contributed by atoms with van der Waals surface area (Å²) < 4.78 is 17.0. The Labute approximate surface area is 203 Å². The molecule has 0 aromatic heterocycles. The highest BCUT2D eigenvalue weighted by molar-refractivity contribution is 14.0. The molecule has 0 atom stereocenters. The average molecular weight is 539 g/mol. The average Bonchev–Trinajstić information content (AvgIpc) is 2.79. The van der Waals surface area contributed by atoms with E-state index in [0.717, 1.165) is 68.6 Å². The Morgan fingerprint density at radius 2 is 1.77 bits per heavy atom.